The standard InChI is InChI=1S/C28H28F2N8O3/c29-28(30)12-23(14-32-26(28)39)41-24-6-1-18(11-19(24)13-31)25-33-17-34-27(36-25)35-20-2-4-21(5-3-20)37-7-9-38(10-8-37)22-15-40-16-22/h1-6,11,17,22-23H,7-10,12,14-16H2,(H,32,39)(H,33,34,35,36)/t23-/m1/s1. The lowest BCUT2D eigenvalue weighted by molar-refractivity contribution is -0.154. The predicted octanol–water partition coefficient (Wildman–Crippen LogP) is 2.58. The largest absolute Gasteiger partial charge is 0.487 e. The summed E-state index contributed by atoms with van der Waals surface area (Å²) in [6.45, 7) is 5.59. The number of benzene rings is 2. The Morgan fingerprint density at radius 1 is 1.10 bits per heavy atom. The first-order valence-electron chi connectivity index (χ1n) is 13.4. The van der Waals surface area contributed by atoms with Crippen LogP contribution < -0.4 is 20.3 Å². The van der Waals surface area contributed by atoms with Gasteiger partial charge in [0.2, 0.25) is 5.95 Å². The maximum absolute atomic E-state index is 13.8. The molecule has 1 amide bonds. The molecule has 212 valence electrons. The van der Waals surface area contributed by atoms with Crippen molar-refractivity contribution in [1.29, 1.82) is 5.26 Å². The third-order valence-corrected chi connectivity index (χ3v) is 7.47. The molecule has 41 heavy (non-hydrogen) atoms. The summed E-state index contributed by atoms with van der Waals surface area (Å²) < 4.78 is 38.5. The van der Waals surface area contributed by atoms with Gasteiger partial charge in [0.1, 0.15) is 24.3 Å². The third-order valence-electron chi connectivity index (χ3n) is 7.47. The molecule has 0 unspecified atom stereocenters. The summed E-state index contributed by atoms with van der Waals surface area (Å²) in [6, 6.07) is 15.4. The average molecular weight is 563 g/mol. The third kappa shape index (κ3) is 5.89. The van der Waals surface area contributed by atoms with Crippen LogP contribution in [0.1, 0.15) is 12.0 Å². The van der Waals surface area contributed by atoms with Crippen molar-refractivity contribution >= 4 is 23.2 Å². The van der Waals surface area contributed by atoms with Gasteiger partial charge >= 0.3 is 5.92 Å². The lowest BCUT2D eigenvalue weighted by Gasteiger charge is -2.43. The lowest BCUT2D eigenvalue weighted by atomic mass is 10.1. The first kappa shape index (κ1) is 26.8. The van der Waals surface area contributed by atoms with E-state index in [1.165, 1.54) is 18.5 Å². The molecule has 0 spiro atoms. The van der Waals surface area contributed by atoms with E-state index >= 15 is 0 Å². The van der Waals surface area contributed by atoms with Gasteiger partial charge in [0.25, 0.3) is 5.91 Å². The number of carbonyl (C=O) groups is 1. The van der Waals surface area contributed by atoms with Crippen LogP contribution in [0.4, 0.5) is 26.1 Å². The number of carbonyl (C=O) groups excluding carboxylic acids is 1. The highest BCUT2D eigenvalue weighted by Gasteiger charge is 2.45. The maximum Gasteiger partial charge on any atom is 0.328 e. The van der Waals surface area contributed by atoms with Crippen LogP contribution in [-0.2, 0) is 9.53 Å². The first-order valence-corrected chi connectivity index (χ1v) is 13.4. The van der Waals surface area contributed by atoms with E-state index in [2.05, 4.69) is 47.5 Å². The van der Waals surface area contributed by atoms with Gasteiger partial charge in [0, 0.05) is 43.1 Å². The van der Waals surface area contributed by atoms with Crippen LogP contribution in [0.15, 0.2) is 48.8 Å². The minimum atomic E-state index is -3.52. The Bertz CT molecular complexity index is 1450. The van der Waals surface area contributed by atoms with Gasteiger partial charge in [-0.2, -0.15) is 19.0 Å². The summed E-state index contributed by atoms with van der Waals surface area (Å²) in [5.74, 6) is -4.05. The number of alkyl halides is 2. The number of hydrogen-bond donors (Lipinski definition) is 2. The van der Waals surface area contributed by atoms with Crippen molar-refractivity contribution in [3.8, 4) is 23.2 Å². The van der Waals surface area contributed by atoms with Crippen molar-refractivity contribution in [3.63, 3.8) is 0 Å². The van der Waals surface area contributed by atoms with Crippen molar-refractivity contribution in [2.75, 3.05) is 56.2 Å². The SMILES string of the molecule is N#Cc1cc(-c2ncnc(Nc3ccc(N4CCN(C5COC5)CC4)cc3)n2)ccc1O[C@H]1CNC(=O)C(F)(F)C1. The Balaban J connectivity index is 1.10. The van der Waals surface area contributed by atoms with E-state index in [9.17, 15) is 18.8 Å². The van der Waals surface area contributed by atoms with Crippen LogP contribution in [0.3, 0.4) is 0 Å². The van der Waals surface area contributed by atoms with Gasteiger partial charge in [0.15, 0.2) is 5.82 Å². The minimum absolute atomic E-state index is 0.0720. The summed E-state index contributed by atoms with van der Waals surface area (Å²) in [5.41, 5.74) is 2.63. The number of piperazine rings is 1. The molecular weight excluding hydrogens is 534 g/mol. The van der Waals surface area contributed by atoms with Crippen molar-refractivity contribution in [3.05, 3.63) is 54.4 Å². The van der Waals surface area contributed by atoms with Crippen LogP contribution in [0.25, 0.3) is 11.4 Å². The fraction of sp³-hybridized carbons (Fsp3) is 0.393. The second kappa shape index (κ2) is 11.2. The minimum Gasteiger partial charge on any atom is -0.487 e. The highest BCUT2D eigenvalue weighted by atomic mass is 19.3. The van der Waals surface area contributed by atoms with E-state index in [0.717, 1.165) is 50.8 Å². The summed E-state index contributed by atoms with van der Waals surface area (Å²) in [4.78, 5) is 29.1. The number of rotatable bonds is 7. The first-order chi connectivity index (χ1) is 19.9. The number of nitrogens with one attached hydrogen (secondary N) is 2. The van der Waals surface area contributed by atoms with Gasteiger partial charge < -0.3 is 25.0 Å². The van der Waals surface area contributed by atoms with E-state index in [1.54, 1.807) is 6.07 Å². The van der Waals surface area contributed by atoms with Gasteiger partial charge in [-0.1, -0.05) is 0 Å². The highest BCUT2D eigenvalue weighted by Crippen LogP contribution is 2.30. The molecule has 2 aromatic carbocycles. The molecule has 2 N–H and O–H groups in total. The zero-order valence-electron chi connectivity index (χ0n) is 22.1. The molecule has 0 saturated carbocycles. The fourth-order valence-corrected chi connectivity index (χ4v) is 5.07. The fourth-order valence-electron chi connectivity index (χ4n) is 5.07. The molecular formula is C28H28F2N8O3. The predicted molar refractivity (Wildman–Crippen MR) is 145 cm³/mol. The summed E-state index contributed by atoms with van der Waals surface area (Å²) >= 11 is 0. The number of halogens is 2. The molecule has 0 bridgehead atoms. The highest BCUT2D eigenvalue weighted by molar-refractivity contribution is 5.84. The topological polar surface area (TPSA) is 129 Å². The molecule has 1 aromatic heterocycles. The number of anilines is 3. The van der Waals surface area contributed by atoms with Gasteiger partial charge in [-0.3, -0.25) is 9.69 Å². The Hall–Kier alpha value is -4.41. The molecule has 0 aliphatic carbocycles. The van der Waals surface area contributed by atoms with Crippen LogP contribution in [0, 0.1) is 11.3 Å². The average Bonchev–Trinajstić information content (AvgIpc) is 2.95. The second-order valence-electron chi connectivity index (χ2n) is 10.2. The number of amides is 1. The number of hydrogen-bond acceptors (Lipinski definition) is 10. The maximum atomic E-state index is 13.8. The summed E-state index contributed by atoms with van der Waals surface area (Å²) in [6.07, 6.45) is -0.358. The Morgan fingerprint density at radius 2 is 1.88 bits per heavy atom. The van der Waals surface area contributed by atoms with E-state index in [-0.39, 0.29) is 17.9 Å². The molecule has 11 nitrogen and oxygen atoms in total. The zero-order chi connectivity index (χ0) is 28.4. The molecule has 4 heterocycles. The number of nitrogens with zero attached hydrogens (tertiary/aromatic N) is 6. The van der Waals surface area contributed by atoms with Crippen molar-refractivity contribution in [2.24, 2.45) is 0 Å². The smallest absolute Gasteiger partial charge is 0.328 e. The molecule has 3 aliphatic heterocycles. The molecule has 13 heteroatoms. The molecule has 3 saturated heterocycles. The van der Waals surface area contributed by atoms with Crippen LogP contribution >= 0.6 is 0 Å². The Labute approximate surface area is 235 Å². The van der Waals surface area contributed by atoms with Gasteiger partial charge in [-0.25, -0.2) is 9.97 Å². The van der Waals surface area contributed by atoms with Crippen LogP contribution in [0.5, 0.6) is 5.75 Å². The number of aromatic nitrogens is 3. The van der Waals surface area contributed by atoms with Gasteiger partial charge in [-0.15, -0.1) is 0 Å². The zero-order valence-corrected chi connectivity index (χ0v) is 22.1. The van der Waals surface area contributed by atoms with Gasteiger partial charge in [-0.05, 0) is 42.5 Å². The normalized spacial score (nSPS) is 21.0. The lowest BCUT2D eigenvalue weighted by Crippen LogP contribution is -2.56. The summed E-state index contributed by atoms with van der Waals surface area (Å²) in [7, 11) is 0. The van der Waals surface area contributed by atoms with E-state index < -0.39 is 24.4 Å². The number of ether oxygens (including phenoxy) is 2. The van der Waals surface area contributed by atoms with Crippen LogP contribution in [0.2, 0.25) is 0 Å². The van der Waals surface area contributed by atoms with Crippen molar-refractivity contribution in [2.45, 2.75) is 24.5 Å². The van der Waals surface area contributed by atoms with E-state index in [0.29, 0.717) is 23.4 Å². The van der Waals surface area contributed by atoms with Crippen LogP contribution in [-0.4, -0.2) is 89.8 Å². The summed E-state index contributed by atoms with van der Waals surface area (Å²) in [5, 5.41) is 15.0. The second-order valence-corrected chi connectivity index (χ2v) is 10.2. The van der Waals surface area contributed by atoms with Crippen molar-refractivity contribution < 1.29 is 23.0 Å². The Kier molecular flexibility index (Phi) is 7.34. The molecule has 3 aromatic rings. The number of nitriles is 1. The molecule has 3 aliphatic rings. The molecule has 3 fully saturated rings. The number of piperidine rings is 1. The van der Waals surface area contributed by atoms with E-state index in [1.807, 2.05) is 18.2 Å². The van der Waals surface area contributed by atoms with Gasteiger partial charge in [0.05, 0.1) is 37.8 Å². The van der Waals surface area contributed by atoms with E-state index in [4.69, 9.17) is 9.47 Å². The monoisotopic (exact) mass is 562 g/mol. The quantitative estimate of drug-likeness (QED) is 0.443. The molecule has 6 rings (SSSR count). The molecule has 1 atom stereocenters. The Morgan fingerprint density at radius 3 is 2.56 bits per heavy atom. The van der Waals surface area contributed by atoms with Crippen molar-refractivity contribution in [1.82, 2.24) is 25.2 Å². The molecule has 0 radical (unpaired) electrons.